The van der Waals surface area contributed by atoms with Gasteiger partial charge in [0.25, 0.3) is 5.91 Å². The Morgan fingerprint density at radius 1 is 1.32 bits per heavy atom. The highest BCUT2D eigenvalue weighted by Gasteiger charge is 2.28. The van der Waals surface area contributed by atoms with E-state index < -0.39 is 0 Å². The van der Waals surface area contributed by atoms with Gasteiger partial charge < -0.3 is 15.5 Å². The zero-order valence-electron chi connectivity index (χ0n) is 14.6. The number of halogens is 1. The second-order valence-electron chi connectivity index (χ2n) is 6.19. The number of nitrogens with zero attached hydrogens (tertiary/aromatic N) is 1. The topological polar surface area (TPSA) is 78.5 Å². The molecule has 1 atom stereocenters. The molecule has 0 radical (unpaired) electrons. The molecule has 1 fully saturated rings. The van der Waals surface area contributed by atoms with E-state index in [1.807, 2.05) is 6.92 Å². The van der Waals surface area contributed by atoms with Crippen molar-refractivity contribution in [2.45, 2.75) is 32.6 Å². The van der Waals surface area contributed by atoms with Crippen molar-refractivity contribution in [3.63, 3.8) is 0 Å². The molecule has 0 saturated carbocycles. The molecule has 6 nitrogen and oxygen atoms in total. The van der Waals surface area contributed by atoms with Crippen molar-refractivity contribution in [3.8, 4) is 0 Å². The van der Waals surface area contributed by atoms with Gasteiger partial charge in [-0.2, -0.15) is 0 Å². The van der Waals surface area contributed by atoms with E-state index >= 15 is 0 Å². The van der Waals surface area contributed by atoms with Crippen LogP contribution in [0.4, 0.5) is 5.69 Å². The van der Waals surface area contributed by atoms with Crippen molar-refractivity contribution < 1.29 is 14.4 Å². The maximum absolute atomic E-state index is 12.5. The first-order valence-corrected chi connectivity index (χ1v) is 8.94. The van der Waals surface area contributed by atoms with Crippen molar-refractivity contribution >= 4 is 35.0 Å². The quantitative estimate of drug-likeness (QED) is 0.842. The van der Waals surface area contributed by atoms with Crippen molar-refractivity contribution in [3.05, 3.63) is 28.8 Å². The van der Waals surface area contributed by atoms with Crippen LogP contribution in [0, 0.1) is 5.92 Å². The van der Waals surface area contributed by atoms with Crippen LogP contribution in [0.25, 0.3) is 0 Å². The molecule has 7 heteroatoms. The third-order valence-corrected chi connectivity index (χ3v) is 4.64. The van der Waals surface area contributed by atoms with E-state index in [1.165, 1.54) is 7.05 Å². The minimum absolute atomic E-state index is 0.105. The first-order valence-electron chi connectivity index (χ1n) is 8.56. The largest absolute Gasteiger partial charge is 0.355 e. The highest BCUT2D eigenvalue weighted by Crippen LogP contribution is 2.23. The Kier molecular flexibility index (Phi) is 6.82. The third kappa shape index (κ3) is 4.95. The minimum Gasteiger partial charge on any atom is -0.355 e. The molecule has 2 N–H and O–H groups in total. The van der Waals surface area contributed by atoms with Crippen molar-refractivity contribution in [1.29, 1.82) is 0 Å². The van der Waals surface area contributed by atoms with Crippen LogP contribution in [0.1, 0.15) is 43.0 Å². The van der Waals surface area contributed by atoms with Crippen LogP contribution in [-0.4, -0.2) is 42.8 Å². The van der Waals surface area contributed by atoms with Crippen molar-refractivity contribution in [1.82, 2.24) is 10.2 Å². The molecule has 1 heterocycles. The summed E-state index contributed by atoms with van der Waals surface area (Å²) in [7, 11) is 1.52. The monoisotopic (exact) mass is 365 g/mol. The summed E-state index contributed by atoms with van der Waals surface area (Å²) in [4.78, 5) is 38.2. The van der Waals surface area contributed by atoms with E-state index in [2.05, 4.69) is 10.6 Å². The maximum atomic E-state index is 12.5. The van der Waals surface area contributed by atoms with Crippen LogP contribution in [0.15, 0.2) is 18.2 Å². The summed E-state index contributed by atoms with van der Waals surface area (Å²) in [6.07, 6.45) is 2.88. The number of amides is 3. The fourth-order valence-corrected chi connectivity index (χ4v) is 3.15. The average Bonchev–Trinajstić information content (AvgIpc) is 2.63. The minimum atomic E-state index is -0.310. The van der Waals surface area contributed by atoms with Crippen molar-refractivity contribution in [2.24, 2.45) is 5.92 Å². The van der Waals surface area contributed by atoms with Gasteiger partial charge >= 0.3 is 0 Å². The van der Waals surface area contributed by atoms with Crippen LogP contribution in [0.3, 0.4) is 0 Å². The molecule has 0 aliphatic carbocycles. The molecule has 1 saturated heterocycles. The number of benzene rings is 1. The van der Waals surface area contributed by atoms with Gasteiger partial charge in [0.1, 0.15) is 0 Å². The van der Waals surface area contributed by atoms with Gasteiger partial charge in [0.15, 0.2) is 0 Å². The highest BCUT2D eigenvalue weighted by atomic mass is 35.5. The normalized spacial score (nSPS) is 17.1. The Labute approximate surface area is 152 Å². The lowest BCUT2D eigenvalue weighted by molar-refractivity contribution is -0.134. The van der Waals surface area contributed by atoms with Crippen LogP contribution in [0.2, 0.25) is 5.02 Å². The summed E-state index contributed by atoms with van der Waals surface area (Å²) in [5, 5.41) is 5.68. The van der Waals surface area contributed by atoms with Crippen LogP contribution in [-0.2, 0) is 9.59 Å². The molecule has 1 aliphatic heterocycles. The molecule has 3 amide bonds. The molecule has 25 heavy (non-hydrogen) atoms. The number of nitrogens with one attached hydrogen (secondary N) is 2. The van der Waals surface area contributed by atoms with E-state index in [0.29, 0.717) is 35.8 Å². The standard InChI is InChI=1S/C18H24ClN3O3/c1-3-5-16(23)22-9-4-6-12(11-22)17(24)21-13-7-8-15(19)14(10-13)18(25)20-2/h7-8,10,12H,3-6,9,11H2,1-2H3,(H,20,25)(H,21,24). The summed E-state index contributed by atoms with van der Waals surface area (Å²) >= 11 is 6.02. The predicted molar refractivity (Wildman–Crippen MR) is 97.7 cm³/mol. The number of hydrogen-bond acceptors (Lipinski definition) is 3. The van der Waals surface area contributed by atoms with Gasteiger partial charge in [-0.15, -0.1) is 0 Å². The maximum Gasteiger partial charge on any atom is 0.252 e. The molecule has 0 bridgehead atoms. The van der Waals surface area contributed by atoms with Gasteiger partial charge in [-0.25, -0.2) is 0 Å². The van der Waals surface area contributed by atoms with Gasteiger partial charge in [-0.05, 0) is 37.5 Å². The first-order chi connectivity index (χ1) is 12.0. The lowest BCUT2D eigenvalue weighted by Crippen LogP contribution is -2.43. The Morgan fingerprint density at radius 3 is 2.76 bits per heavy atom. The number of rotatable bonds is 5. The zero-order valence-corrected chi connectivity index (χ0v) is 15.4. The third-order valence-electron chi connectivity index (χ3n) is 4.31. The van der Waals surface area contributed by atoms with Gasteiger partial charge in [-0.3, -0.25) is 14.4 Å². The summed E-state index contributed by atoms with van der Waals surface area (Å²) in [5.41, 5.74) is 0.829. The number of carbonyl (C=O) groups excluding carboxylic acids is 3. The first kappa shape index (κ1) is 19.2. The molecular formula is C18H24ClN3O3. The molecule has 1 unspecified atom stereocenters. The molecule has 2 rings (SSSR count). The second-order valence-corrected chi connectivity index (χ2v) is 6.60. The van der Waals surface area contributed by atoms with E-state index in [-0.39, 0.29) is 23.6 Å². The fourth-order valence-electron chi connectivity index (χ4n) is 2.95. The predicted octanol–water partition coefficient (Wildman–Crippen LogP) is 2.68. The molecule has 136 valence electrons. The highest BCUT2D eigenvalue weighted by molar-refractivity contribution is 6.34. The van der Waals surface area contributed by atoms with Crippen molar-refractivity contribution in [2.75, 3.05) is 25.5 Å². The number of anilines is 1. The lowest BCUT2D eigenvalue weighted by atomic mass is 9.96. The zero-order chi connectivity index (χ0) is 18.4. The summed E-state index contributed by atoms with van der Waals surface area (Å²) in [6.45, 7) is 3.13. The Hall–Kier alpha value is -2.08. The van der Waals surface area contributed by atoms with Crippen LogP contribution >= 0.6 is 11.6 Å². The van der Waals surface area contributed by atoms with E-state index in [4.69, 9.17) is 11.6 Å². The SMILES string of the molecule is CCCC(=O)N1CCCC(C(=O)Nc2ccc(Cl)c(C(=O)NC)c2)C1. The van der Waals surface area contributed by atoms with E-state index in [0.717, 1.165) is 19.3 Å². The van der Waals surface area contributed by atoms with E-state index in [1.54, 1.807) is 23.1 Å². The number of hydrogen-bond donors (Lipinski definition) is 2. The molecule has 1 aromatic rings. The van der Waals surface area contributed by atoms with Crippen LogP contribution < -0.4 is 10.6 Å². The fraction of sp³-hybridized carbons (Fsp3) is 0.500. The lowest BCUT2D eigenvalue weighted by Gasteiger charge is -2.32. The number of piperidine rings is 1. The average molecular weight is 366 g/mol. The van der Waals surface area contributed by atoms with E-state index in [9.17, 15) is 14.4 Å². The summed E-state index contributed by atoms with van der Waals surface area (Å²) in [5.74, 6) is -0.587. The Morgan fingerprint density at radius 2 is 2.08 bits per heavy atom. The summed E-state index contributed by atoms with van der Waals surface area (Å²) < 4.78 is 0. The smallest absolute Gasteiger partial charge is 0.252 e. The Bertz CT molecular complexity index is 663. The summed E-state index contributed by atoms with van der Waals surface area (Å²) in [6, 6.07) is 4.80. The molecule has 0 spiro atoms. The molecule has 1 aromatic carbocycles. The molecule has 0 aromatic heterocycles. The van der Waals surface area contributed by atoms with Crippen LogP contribution in [0.5, 0.6) is 0 Å². The van der Waals surface area contributed by atoms with Gasteiger partial charge in [0.05, 0.1) is 16.5 Å². The van der Waals surface area contributed by atoms with Gasteiger partial charge in [0.2, 0.25) is 11.8 Å². The van der Waals surface area contributed by atoms with Gasteiger partial charge in [-0.1, -0.05) is 18.5 Å². The molecular weight excluding hydrogens is 342 g/mol. The second kappa shape index (κ2) is 8.85. The van der Waals surface area contributed by atoms with Gasteiger partial charge in [0, 0.05) is 32.2 Å². The number of carbonyl (C=O) groups is 3. The molecule has 1 aliphatic rings. The number of likely N-dealkylation sites (tertiary alicyclic amines) is 1. The Balaban J connectivity index is 2.04.